The van der Waals surface area contributed by atoms with Gasteiger partial charge in [0.1, 0.15) is 11.5 Å². The summed E-state index contributed by atoms with van der Waals surface area (Å²) in [6.07, 6.45) is 0.224. The Kier molecular flexibility index (Phi) is 6.60. The second kappa shape index (κ2) is 9.15. The van der Waals surface area contributed by atoms with Gasteiger partial charge in [0.15, 0.2) is 0 Å². The van der Waals surface area contributed by atoms with Gasteiger partial charge in [-0.3, -0.25) is 4.79 Å². The minimum Gasteiger partial charge on any atom is -0.497 e. The first-order valence-electron chi connectivity index (χ1n) is 9.30. The number of sulfonamides is 1. The lowest BCUT2D eigenvalue weighted by atomic mass is 10.3. The van der Waals surface area contributed by atoms with Gasteiger partial charge in [-0.25, -0.2) is 8.42 Å². The number of carbonyl (C=O) groups is 1. The summed E-state index contributed by atoms with van der Waals surface area (Å²) < 4.78 is 37.6. The van der Waals surface area contributed by atoms with Crippen LogP contribution in [0.25, 0.3) is 0 Å². The first-order chi connectivity index (χ1) is 13.9. The van der Waals surface area contributed by atoms with Gasteiger partial charge in [-0.2, -0.15) is 4.31 Å². The number of nitrogens with zero attached hydrogens (tertiary/aromatic N) is 2. The smallest absolute Gasteiger partial charge is 0.243 e. The molecule has 0 bridgehead atoms. The average Bonchev–Trinajstić information content (AvgIpc) is 2.74. The maximum absolute atomic E-state index is 12.7. The van der Waals surface area contributed by atoms with Crippen LogP contribution in [0.3, 0.4) is 0 Å². The predicted octanol–water partition coefficient (Wildman–Crippen LogP) is 1.58. The highest BCUT2D eigenvalue weighted by molar-refractivity contribution is 7.89. The lowest BCUT2D eigenvalue weighted by Gasteiger charge is -2.34. The highest BCUT2D eigenvalue weighted by atomic mass is 32.2. The Morgan fingerprint density at radius 1 is 1.03 bits per heavy atom. The van der Waals surface area contributed by atoms with E-state index in [1.807, 2.05) is 12.1 Å². The van der Waals surface area contributed by atoms with Crippen molar-refractivity contribution in [3.8, 4) is 11.5 Å². The van der Waals surface area contributed by atoms with Crippen LogP contribution in [0.15, 0.2) is 53.4 Å². The number of hydrogen-bond donors (Lipinski definition) is 1. The minimum atomic E-state index is -3.58. The van der Waals surface area contributed by atoms with Crippen LogP contribution in [0, 0.1) is 0 Å². The Labute approximate surface area is 170 Å². The highest BCUT2D eigenvalue weighted by Crippen LogP contribution is 2.20. The van der Waals surface area contributed by atoms with Crippen molar-refractivity contribution in [1.29, 1.82) is 0 Å². The summed E-state index contributed by atoms with van der Waals surface area (Å²) in [5.74, 6) is 1.27. The molecule has 0 atom stereocenters. The van der Waals surface area contributed by atoms with Gasteiger partial charge in [-0.1, -0.05) is 6.07 Å². The fraction of sp³-hybridized carbons (Fsp3) is 0.350. The van der Waals surface area contributed by atoms with Crippen LogP contribution in [0.2, 0.25) is 0 Å². The standard InChI is InChI=1S/C20H25N3O5S/c1-27-17-3-2-4-18(15-17)28-14-9-20(24)22-10-12-23(13-11-22)29(25,26)19-7-5-16(21)6-8-19/h2-8,15H,9-14,21H2,1H3. The van der Waals surface area contributed by atoms with E-state index in [1.165, 1.54) is 16.4 Å². The van der Waals surface area contributed by atoms with Crippen molar-refractivity contribution in [2.75, 3.05) is 45.6 Å². The van der Waals surface area contributed by atoms with Crippen molar-refractivity contribution in [2.45, 2.75) is 11.3 Å². The van der Waals surface area contributed by atoms with Crippen molar-refractivity contribution in [2.24, 2.45) is 0 Å². The van der Waals surface area contributed by atoms with Crippen LogP contribution in [0.1, 0.15) is 6.42 Å². The molecule has 2 aromatic rings. The number of nitrogen functional groups attached to an aromatic ring is 1. The predicted molar refractivity (Wildman–Crippen MR) is 109 cm³/mol. The van der Waals surface area contributed by atoms with E-state index >= 15 is 0 Å². The quantitative estimate of drug-likeness (QED) is 0.684. The largest absolute Gasteiger partial charge is 0.497 e. The lowest BCUT2D eigenvalue weighted by Crippen LogP contribution is -2.50. The molecular formula is C20H25N3O5S. The molecule has 0 unspecified atom stereocenters. The third-order valence-electron chi connectivity index (χ3n) is 4.74. The first-order valence-corrected chi connectivity index (χ1v) is 10.7. The van der Waals surface area contributed by atoms with Gasteiger partial charge in [0.2, 0.25) is 15.9 Å². The second-order valence-electron chi connectivity index (χ2n) is 6.63. The molecule has 29 heavy (non-hydrogen) atoms. The average molecular weight is 420 g/mol. The second-order valence-corrected chi connectivity index (χ2v) is 8.57. The van der Waals surface area contributed by atoms with Crippen LogP contribution in [-0.4, -0.2) is 63.4 Å². The van der Waals surface area contributed by atoms with Crippen LogP contribution in [-0.2, 0) is 14.8 Å². The number of nitrogens with two attached hydrogens (primary N) is 1. The molecule has 0 radical (unpaired) electrons. The van der Waals surface area contributed by atoms with Crippen molar-refractivity contribution >= 4 is 21.6 Å². The Morgan fingerprint density at radius 3 is 2.34 bits per heavy atom. The molecule has 0 aromatic heterocycles. The third-order valence-corrected chi connectivity index (χ3v) is 6.65. The summed E-state index contributed by atoms with van der Waals surface area (Å²) >= 11 is 0. The molecule has 0 saturated carbocycles. The summed E-state index contributed by atoms with van der Waals surface area (Å²) in [5, 5.41) is 0. The molecule has 1 aliphatic rings. The van der Waals surface area contributed by atoms with Crippen molar-refractivity contribution in [3.63, 3.8) is 0 Å². The van der Waals surface area contributed by atoms with Gasteiger partial charge in [0.25, 0.3) is 0 Å². The Bertz CT molecular complexity index is 939. The summed E-state index contributed by atoms with van der Waals surface area (Å²) in [7, 11) is -2.01. The van der Waals surface area contributed by atoms with Gasteiger partial charge >= 0.3 is 0 Å². The zero-order chi connectivity index (χ0) is 20.9. The summed E-state index contributed by atoms with van der Waals surface area (Å²) in [5.41, 5.74) is 6.13. The van der Waals surface area contributed by atoms with Gasteiger partial charge in [0, 0.05) is 37.9 Å². The molecule has 1 fully saturated rings. The molecule has 1 heterocycles. The summed E-state index contributed by atoms with van der Waals surface area (Å²) in [4.78, 5) is 14.3. The van der Waals surface area contributed by atoms with Crippen molar-refractivity contribution in [1.82, 2.24) is 9.21 Å². The van der Waals surface area contributed by atoms with Crippen molar-refractivity contribution in [3.05, 3.63) is 48.5 Å². The number of carbonyl (C=O) groups excluding carboxylic acids is 1. The third kappa shape index (κ3) is 5.18. The van der Waals surface area contributed by atoms with Crippen LogP contribution in [0.5, 0.6) is 11.5 Å². The number of methoxy groups -OCH3 is 1. The van der Waals surface area contributed by atoms with Gasteiger partial charge in [0.05, 0.1) is 25.0 Å². The molecule has 2 N–H and O–H groups in total. The van der Waals surface area contributed by atoms with Gasteiger partial charge in [-0.15, -0.1) is 0 Å². The molecule has 3 rings (SSSR count). The van der Waals surface area contributed by atoms with E-state index in [1.54, 1.807) is 36.3 Å². The van der Waals surface area contributed by atoms with E-state index in [9.17, 15) is 13.2 Å². The molecule has 1 aliphatic heterocycles. The highest BCUT2D eigenvalue weighted by Gasteiger charge is 2.29. The number of rotatable bonds is 7. The molecule has 8 nitrogen and oxygen atoms in total. The lowest BCUT2D eigenvalue weighted by molar-refractivity contribution is -0.132. The molecule has 1 saturated heterocycles. The summed E-state index contributed by atoms with van der Waals surface area (Å²) in [6.45, 7) is 1.47. The number of ether oxygens (including phenoxy) is 2. The Hall–Kier alpha value is -2.78. The SMILES string of the molecule is COc1cccc(OCCC(=O)N2CCN(S(=O)(=O)c3ccc(N)cc3)CC2)c1. The van der Waals surface area contributed by atoms with E-state index in [0.717, 1.165) is 0 Å². The van der Waals surface area contributed by atoms with Crippen molar-refractivity contribution < 1.29 is 22.7 Å². The molecule has 0 aliphatic carbocycles. The van der Waals surface area contributed by atoms with Crippen LogP contribution < -0.4 is 15.2 Å². The zero-order valence-corrected chi connectivity index (χ0v) is 17.1. The zero-order valence-electron chi connectivity index (χ0n) is 16.3. The van der Waals surface area contributed by atoms with E-state index in [0.29, 0.717) is 30.3 Å². The van der Waals surface area contributed by atoms with Gasteiger partial charge < -0.3 is 20.1 Å². The molecular weight excluding hydrogens is 394 g/mol. The fourth-order valence-electron chi connectivity index (χ4n) is 3.07. The number of amides is 1. The molecule has 156 valence electrons. The van der Waals surface area contributed by atoms with E-state index in [2.05, 4.69) is 0 Å². The van der Waals surface area contributed by atoms with E-state index < -0.39 is 10.0 Å². The van der Waals surface area contributed by atoms with Gasteiger partial charge in [-0.05, 0) is 36.4 Å². The van der Waals surface area contributed by atoms with Crippen LogP contribution in [0.4, 0.5) is 5.69 Å². The number of piperazine rings is 1. The Balaban J connectivity index is 1.48. The van der Waals surface area contributed by atoms with E-state index in [4.69, 9.17) is 15.2 Å². The number of anilines is 1. The maximum atomic E-state index is 12.7. The topological polar surface area (TPSA) is 102 Å². The first kappa shape index (κ1) is 20.9. The molecule has 2 aromatic carbocycles. The molecule has 1 amide bonds. The Morgan fingerprint density at radius 2 is 1.69 bits per heavy atom. The number of hydrogen-bond acceptors (Lipinski definition) is 6. The minimum absolute atomic E-state index is 0.0579. The summed E-state index contributed by atoms with van der Waals surface area (Å²) in [6, 6.07) is 13.3. The maximum Gasteiger partial charge on any atom is 0.243 e. The molecule has 0 spiro atoms. The normalized spacial score (nSPS) is 15.1. The monoisotopic (exact) mass is 419 g/mol. The fourth-order valence-corrected chi connectivity index (χ4v) is 4.49. The number of benzene rings is 2. The van der Waals surface area contributed by atoms with Crippen LogP contribution >= 0.6 is 0 Å². The molecule has 9 heteroatoms. The van der Waals surface area contributed by atoms with E-state index in [-0.39, 0.29) is 36.9 Å².